The van der Waals surface area contributed by atoms with Gasteiger partial charge in [-0.3, -0.25) is 4.90 Å². The topological polar surface area (TPSA) is 23.5 Å². The Bertz CT molecular complexity index is 590. The highest BCUT2D eigenvalue weighted by molar-refractivity contribution is 5.43. The molecule has 1 N–H and O–H groups in total. The quantitative estimate of drug-likeness (QED) is 0.844. The summed E-state index contributed by atoms with van der Waals surface area (Å²) in [5.41, 5.74) is 3.52. The van der Waals surface area contributed by atoms with Crippen LogP contribution in [0, 0.1) is 6.92 Å². The summed E-state index contributed by atoms with van der Waals surface area (Å²) in [6, 6.07) is 16.4. The lowest BCUT2D eigenvalue weighted by Gasteiger charge is -2.39. The van der Waals surface area contributed by atoms with E-state index in [2.05, 4.69) is 37.1 Å². The summed E-state index contributed by atoms with van der Waals surface area (Å²) in [5.74, 6) is 0. The highest BCUT2D eigenvalue weighted by atomic mass is 16.3. The molecule has 1 unspecified atom stereocenters. The highest BCUT2D eigenvalue weighted by Crippen LogP contribution is 2.36. The molecular formula is C17H19NO. The van der Waals surface area contributed by atoms with Gasteiger partial charge < -0.3 is 5.11 Å². The van der Waals surface area contributed by atoms with E-state index in [0.717, 1.165) is 17.7 Å². The first kappa shape index (κ1) is 12.4. The fourth-order valence-electron chi connectivity index (χ4n) is 2.96. The second-order valence-corrected chi connectivity index (χ2v) is 5.56. The lowest BCUT2D eigenvalue weighted by atomic mass is 9.80. The SMILES string of the molecule is Cc1ccc(C2(O)CN(C)Cc3ccccc32)cc1. The Balaban J connectivity index is 2.15. The second kappa shape index (κ2) is 4.48. The molecule has 2 heteroatoms. The van der Waals surface area contributed by atoms with E-state index in [0.29, 0.717) is 6.54 Å². The van der Waals surface area contributed by atoms with E-state index in [1.165, 1.54) is 11.1 Å². The molecule has 98 valence electrons. The average molecular weight is 253 g/mol. The van der Waals surface area contributed by atoms with Crippen molar-refractivity contribution in [3.05, 3.63) is 70.8 Å². The Morgan fingerprint density at radius 3 is 2.47 bits per heavy atom. The molecule has 0 aliphatic carbocycles. The molecule has 0 bridgehead atoms. The van der Waals surface area contributed by atoms with E-state index in [4.69, 9.17) is 0 Å². The predicted molar refractivity (Wildman–Crippen MR) is 77.0 cm³/mol. The Kier molecular flexibility index (Phi) is 2.92. The summed E-state index contributed by atoms with van der Waals surface area (Å²) < 4.78 is 0. The van der Waals surface area contributed by atoms with Gasteiger partial charge >= 0.3 is 0 Å². The fourth-order valence-corrected chi connectivity index (χ4v) is 2.96. The summed E-state index contributed by atoms with van der Waals surface area (Å²) in [6.45, 7) is 3.59. The molecule has 0 fully saturated rings. The number of benzene rings is 2. The van der Waals surface area contributed by atoms with Gasteiger partial charge in [0.05, 0.1) is 0 Å². The Labute approximate surface area is 114 Å². The monoisotopic (exact) mass is 253 g/mol. The number of likely N-dealkylation sites (N-methyl/N-ethyl adjacent to an activating group) is 1. The van der Waals surface area contributed by atoms with Gasteiger partial charge in [0.25, 0.3) is 0 Å². The zero-order chi connectivity index (χ0) is 13.5. The molecule has 2 nitrogen and oxygen atoms in total. The third-order valence-corrected chi connectivity index (χ3v) is 3.93. The van der Waals surface area contributed by atoms with Crippen molar-refractivity contribution in [2.75, 3.05) is 13.6 Å². The molecule has 0 saturated heterocycles. The molecule has 0 aromatic heterocycles. The van der Waals surface area contributed by atoms with Crippen molar-refractivity contribution >= 4 is 0 Å². The average Bonchev–Trinajstić information content (AvgIpc) is 2.39. The van der Waals surface area contributed by atoms with Crippen molar-refractivity contribution in [2.24, 2.45) is 0 Å². The van der Waals surface area contributed by atoms with Crippen molar-refractivity contribution in [3.8, 4) is 0 Å². The summed E-state index contributed by atoms with van der Waals surface area (Å²) in [4.78, 5) is 2.17. The molecule has 1 atom stereocenters. The summed E-state index contributed by atoms with van der Waals surface area (Å²) in [5, 5.41) is 11.2. The van der Waals surface area contributed by atoms with E-state index in [1.807, 2.05) is 30.3 Å². The van der Waals surface area contributed by atoms with Gasteiger partial charge in [-0.15, -0.1) is 0 Å². The van der Waals surface area contributed by atoms with Crippen molar-refractivity contribution in [1.29, 1.82) is 0 Å². The van der Waals surface area contributed by atoms with Gasteiger partial charge in [-0.25, -0.2) is 0 Å². The standard InChI is InChI=1S/C17H19NO/c1-13-7-9-15(10-8-13)17(19)12-18(2)11-14-5-3-4-6-16(14)17/h3-10,19H,11-12H2,1-2H3. The maximum Gasteiger partial charge on any atom is 0.128 e. The first-order valence-corrected chi connectivity index (χ1v) is 6.66. The van der Waals surface area contributed by atoms with E-state index in [9.17, 15) is 5.11 Å². The minimum Gasteiger partial charge on any atom is -0.379 e. The lowest BCUT2D eigenvalue weighted by Crippen LogP contribution is -2.44. The molecule has 0 radical (unpaired) electrons. The number of hydrogen-bond acceptors (Lipinski definition) is 2. The van der Waals surface area contributed by atoms with Crippen LogP contribution in [-0.2, 0) is 12.1 Å². The van der Waals surface area contributed by atoms with E-state index in [1.54, 1.807) is 0 Å². The molecule has 1 aliphatic rings. The van der Waals surface area contributed by atoms with Crippen LogP contribution < -0.4 is 0 Å². The minimum atomic E-state index is -0.905. The maximum absolute atomic E-state index is 11.2. The van der Waals surface area contributed by atoms with Crippen LogP contribution in [0.25, 0.3) is 0 Å². The molecule has 0 amide bonds. The third-order valence-electron chi connectivity index (χ3n) is 3.93. The third kappa shape index (κ3) is 2.07. The van der Waals surface area contributed by atoms with Crippen molar-refractivity contribution in [1.82, 2.24) is 4.90 Å². The molecule has 1 heterocycles. The van der Waals surface area contributed by atoms with Gasteiger partial charge in [-0.1, -0.05) is 54.1 Å². The van der Waals surface area contributed by atoms with Crippen LogP contribution in [0.5, 0.6) is 0 Å². The Morgan fingerprint density at radius 1 is 1.05 bits per heavy atom. The summed E-state index contributed by atoms with van der Waals surface area (Å²) >= 11 is 0. The van der Waals surface area contributed by atoms with Crippen LogP contribution in [0.15, 0.2) is 48.5 Å². The van der Waals surface area contributed by atoms with Crippen LogP contribution in [0.4, 0.5) is 0 Å². The lowest BCUT2D eigenvalue weighted by molar-refractivity contribution is 0.0283. The molecule has 2 aromatic carbocycles. The molecule has 0 spiro atoms. The number of nitrogens with zero attached hydrogens (tertiary/aromatic N) is 1. The van der Waals surface area contributed by atoms with Crippen LogP contribution in [-0.4, -0.2) is 23.6 Å². The van der Waals surface area contributed by atoms with Crippen molar-refractivity contribution in [2.45, 2.75) is 19.1 Å². The second-order valence-electron chi connectivity index (χ2n) is 5.56. The zero-order valence-electron chi connectivity index (χ0n) is 11.4. The molecule has 0 saturated carbocycles. The number of fused-ring (bicyclic) bond motifs is 1. The number of aliphatic hydroxyl groups is 1. The van der Waals surface area contributed by atoms with Crippen molar-refractivity contribution in [3.63, 3.8) is 0 Å². The van der Waals surface area contributed by atoms with Crippen LogP contribution in [0.2, 0.25) is 0 Å². The molecule has 19 heavy (non-hydrogen) atoms. The van der Waals surface area contributed by atoms with Gasteiger partial charge in [0.2, 0.25) is 0 Å². The van der Waals surface area contributed by atoms with Crippen LogP contribution in [0.3, 0.4) is 0 Å². The largest absolute Gasteiger partial charge is 0.379 e. The van der Waals surface area contributed by atoms with Crippen LogP contribution in [0.1, 0.15) is 22.3 Å². The van der Waals surface area contributed by atoms with E-state index >= 15 is 0 Å². The minimum absolute atomic E-state index is 0.632. The smallest absolute Gasteiger partial charge is 0.128 e. The van der Waals surface area contributed by atoms with Gasteiger partial charge in [0, 0.05) is 13.1 Å². The Morgan fingerprint density at radius 2 is 1.74 bits per heavy atom. The molecular weight excluding hydrogens is 234 g/mol. The molecule has 2 aromatic rings. The van der Waals surface area contributed by atoms with Crippen molar-refractivity contribution < 1.29 is 5.11 Å². The number of rotatable bonds is 1. The number of β-amino-alcohol motifs (C(OH)–C–C–N with tert-alkyl or cyclic N) is 1. The predicted octanol–water partition coefficient (Wildman–Crippen LogP) is 2.68. The van der Waals surface area contributed by atoms with Gasteiger partial charge in [0.1, 0.15) is 5.60 Å². The van der Waals surface area contributed by atoms with E-state index in [-0.39, 0.29) is 0 Å². The fraction of sp³-hybridized carbons (Fsp3) is 0.294. The normalized spacial score (nSPS) is 23.1. The van der Waals surface area contributed by atoms with Gasteiger partial charge in [-0.2, -0.15) is 0 Å². The van der Waals surface area contributed by atoms with E-state index < -0.39 is 5.60 Å². The van der Waals surface area contributed by atoms with Crippen LogP contribution >= 0.6 is 0 Å². The molecule has 3 rings (SSSR count). The number of aryl methyl sites for hydroxylation is 1. The van der Waals surface area contributed by atoms with Gasteiger partial charge in [0.15, 0.2) is 0 Å². The summed E-state index contributed by atoms with van der Waals surface area (Å²) in [7, 11) is 2.05. The number of hydrogen-bond donors (Lipinski definition) is 1. The zero-order valence-corrected chi connectivity index (χ0v) is 11.4. The highest BCUT2D eigenvalue weighted by Gasteiger charge is 2.37. The molecule has 1 aliphatic heterocycles. The first-order chi connectivity index (χ1) is 9.09. The Hall–Kier alpha value is -1.64. The van der Waals surface area contributed by atoms with Gasteiger partial charge in [-0.05, 0) is 30.7 Å². The first-order valence-electron chi connectivity index (χ1n) is 6.66. The summed E-state index contributed by atoms with van der Waals surface area (Å²) in [6.07, 6.45) is 0. The maximum atomic E-state index is 11.2.